The van der Waals surface area contributed by atoms with Crippen molar-refractivity contribution in [3.05, 3.63) is 84.4 Å². The summed E-state index contributed by atoms with van der Waals surface area (Å²) < 4.78 is 0. The number of anilines is 4. The minimum Gasteiger partial charge on any atom is -0.398 e. The fourth-order valence-electron chi connectivity index (χ4n) is 2.80. The van der Waals surface area contributed by atoms with Crippen molar-refractivity contribution in [2.75, 3.05) is 10.6 Å². The normalized spacial score (nSPS) is 10.7. The molecule has 2 nitrogen and oxygen atoms in total. The van der Waals surface area contributed by atoms with E-state index in [0.29, 0.717) is 5.92 Å². The van der Waals surface area contributed by atoms with Crippen LogP contribution in [0.15, 0.2) is 78.9 Å². The van der Waals surface area contributed by atoms with Gasteiger partial charge in [0.05, 0.1) is 0 Å². The first kappa shape index (κ1) is 15.2. The van der Waals surface area contributed by atoms with E-state index in [1.807, 2.05) is 18.2 Å². The van der Waals surface area contributed by atoms with E-state index in [4.69, 9.17) is 5.73 Å². The maximum absolute atomic E-state index is 6.15. The predicted molar refractivity (Wildman–Crippen MR) is 99.6 cm³/mol. The van der Waals surface area contributed by atoms with Crippen molar-refractivity contribution in [2.24, 2.45) is 0 Å². The molecular weight excluding hydrogens is 280 g/mol. The zero-order valence-corrected chi connectivity index (χ0v) is 13.6. The molecule has 2 heteroatoms. The summed E-state index contributed by atoms with van der Waals surface area (Å²) in [5.74, 6) is 0.392. The number of nitrogens with two attached hydrogens (primary N) is 1. The molecule has 0 atom stereocenters. The van der Waals surface area contributed by atoms with Crippen molar-refractivity contribution in [1.29, 1.82) is 0 Å². The smallest absolute Gasteiger partial charge is 0.0465 e. The van der Waals surface area contributed by atoms with Crippen LogP contribution in [0.5, 0.6) is 0 Å². The van der Waals surface area contributed by atoms with Crippen molar-refractivity contribution in [1.82, 2.24) is 0 Å². The Labute approximate surface area is 138 Å². The molecular formula is C21H22N2. The second kappa shape index (κ2) is 6.57. The number of hydrogen-bond acceptors (Lipinski definition) is 2. The van der Waals surface area contributed by atoms with Crippen LogP contribution in [0, 0.1) is 0 Å². The monoisotopic (exact) mass is 302 g/mol. The molecule has 0 aliphatic rings. The Hall–Kier alpha value is -2.74. The van der Waals surface area contributed by atoms with Crippen molar-refractivity contribution >= 4 is 22.7 Å². The fourth-order valence-corrected chi connectivity index (χ4v) is 2.80. The van der Waals surface area contributed by atoms with Gasteiger partial charge in [-0.2, -0.15) is 0 Å². The van der Waals surface area contributed by atoms with E-state index in [1.165, 1.54) is 5.56 Å². The summed E-state index contributed by atoms with van der Waals surface area (Å²) in [6.07, 6.45) is 0. The highest BCUT2D eigenvalue weighted by molar-refractivity contribution is 5.77. The maximum atomic E-state index is 6.15. The second-order valence-electron chi connectivity index (χ2n) is 5.97. The number of para-hydroxylation sites is 2. The molecule has 0 unspecified atom stereocenters. The van der Waals surface area contributed by atoms with Gasteiger partial charge in [0.15, 0.2) is 0 Å². The summed E-state index contributed by atoms with van der Waals surface area (Å²) in [5, 5.41) is 0. The molecule has 0 fully saturated rings. The lowest BCUT2D eigenvalue weighted by Crippen LogP contribution is -2.10. The predicted octanol–water partition coefficient (Wildman–Crippen LogP) is 5.86. The highest BCUT2D eigenvalue weighted by Gasteiger charge is 2.14. The van der Waals surface area contributed by atoms with Crippen molar-refractivity contribution in [2.45, 2.75) is 19.8 Å². The van der Waals surface area contributed by atoms with Gasteiger partial charge >= 0.3 is 0 Å². The highest BCUT2D eigenvalue weighted by atomic mass is 15.1. The van der Waals surface area contributed by atoms with E-state index in [-0.39, 0.29) is 0 Å². The Morgan fingerprint density at radius 1 is 0.696 bits per heavy atom. The molecule has 0 aliphatic heterocycles. The molecule has 3 aromatic rings. The molecule has 0 saturated heterocycles. The second-order valence-corrected chi connectivity index (χ2v) is 5.97. The molecule has 0 saturated carbocycles. The molecule has 0 spiro atoms. The quantitative estimate of drug-likeness (QED) is 0.611. The number of hydrogen-bond donors (Lipinski definition) is 1. The Morgan fingerprint density at radius 2 is 1.22 bits per heavy atom. The summed E-state index contributed by atoms with van der Waals surface area (Å²) in [5.41, 5.74) is 11.6. The number of nitrogens with zero attached hydrogens (tertiary/aromatic N) is 1. The van der Waals surface area contributed by atoms with Crippen LogP contribution in [-0.2, 0) is 0 Å². The van der Waals surface area contributed by atoms with Crippen LogP contribution < -0.4 is 10.6 Å². The van der Waals surface area contributed by atoms with Crippen LogP contribution in [0.2, 0.25) is 0 Å². The zero-order chi connectivity index (χ0) is 16.2. The van der Waals surface area contributed by atoms with E-state index < -0.39 is 0 Å². The molecule has 0 aliphatic carbocycles. The third-order valence-electron chi connectivity index (χ3n) is 3.98. The molecule has 2 N–H and O–H groups in total. The van der Waals surface area contributed by atoms with E-state index in [9.17, 15) is 0 Å². The van der Waals surface area contributed by atoms with Crippen LogP contribution in [0.4, 0.5) is 22.7 Å². The van der Waals surface area contributed by atoms with Crippen LogP contribution in [0.25, 0.3) is 0 Å². The number of rotatable bonds is 4. The van der Waals surface area contributed by atoms with Gasteiger partial charge in [0.25, 0.3) is 0 Å². The van der Waals surface area contributed by atoms with Crippen LogP contribution in [0.1, 0.15) is 25.3 Å². The summed E-state index contributed by atoms with van der Waals surface area (Å²) >= 11 is 0. The third kappa shape index (κ3) is 3.21. The van der Waals surface area contributed by atoms with Crippen molar-refractivity contribution in [3.63, 3.8) is 0 Å². The summed E-state index contributed by atoms with van der Waals surface area (Å²) in [6.45, 7) is 4.34. The van der Waals surface area contributed by atoms with E-state index in [2.05, 4.69) is 79.4 Å². The first-order chi connectivity index (χ1) is 11.2. The van der Waals surface area contributed by atoms with Crippen LogP contribution in [0.3, 0.4) is 0 Å². The Kier molecular flexibility index (Phi) is 4.33. The van der Waals surface area contributed by atoms with E-state index >= 15 is 0 Å². The lowest BCUT2D eigenvalue weighted by atomic mass is 10.00. The van der Waals surface area contributed by atoms with Crippen LogP contribution >= 0.6 is 0 Å². The number of benzene rings is 3. The lowest BCUT2D eigenvalue weighted by Gasteiger charge is -2.26. The lowest BCUT2D eigenvalue weighted by molar-refractivity contribution is 0.869. The molecule has 116 valence electrons. The fraction of sp³-hybridized carbons (Fsp3) is 0.143. The van der Waals surface area contributed by atoms with Gasteiger partial charge in [-0.3, -0.25) is 0 Å². The summed E-state index contributed by atoms with van der Waals surface area (Å²) in [4.78, 5) is 2.26. The first-order valence-electron chi connectivity index (χ1n) is 7.96. The van der Waals surface area contributed by atoms with Gasteiger partial charge < -0.3 is 10.6 Å². The molecule has 3 aromatic carbocycles. The van der Waals surface area contributed by atoms with Crippen molar-refractivity contribution in [3.8, 4) is 0 Å². The van der Waals surface area contributed by atoms with Gasteiger partial charge in [-0.1, -0.05) is 50.2 Å². The van der Waals surface area contributed by atoms with Gasteiger partial charge in [0, 0.05) is 22.7 Å². The molecule has 3 rings (SSSR count). The van der Waals surface area contributed by atoms with E-state index in [1.54, 1.807) is 0 Å². The SMILES string of the molecule is CC(C)c1cc(N(c2ccccc2)c2ccccc2)ccc1N. The minimum atomic E-state index is 0.392. The third-order valence-corrected chi connectivity index (χ3v) is 3.98. The summed E-state index contributed by atoms with van der Waals surface area (Å²) in [7, 11) is 0. The number of nitrogen functional groups attached to an aromatic ring is 1. The van der Waals surface area contributed by atoms with Gasteiger partial charge in [-0.15, -0.1) is 0 Å². The Balaban J connectivity index is 2.15. The Bertz CT molecular complexity index is 725. The average Bonchev–Trinajstić information content (AvgIpc) is 2.58. The Morgan fingerprint density at radius 3 is 1.70 bits per heavy atom. The molecule has 0 aromatic heterocycles. The topological polar surface area (TPSA) is 29.3 Å². The van der Waals surface area contributed by atoms with Gasteiger partial charge in [0.2, 0.25) is 0 Å². The van der Waals surface area contributed by atoms with Crippen molar-refractivity contribution < 1.29 is 0 Å². The largest absolute Gasteiger partial charge is 0.398 e. The maximum Gasteiger partial charge on any atom is 0.0465 e. The average molecular weight is 302 g/mol. The standard InChI is InChI=1S/C21H22N2/c1-16(2)20-15-19(13-14-21(20)22)23(17-9-5-3-6-10-17)18-11-7-4-8-12-18/h3-16H,22H2,1-2H3. The molecule has 0 radical (unpaired) electrons. The molecule has 23 heavy (non-hydrogen) atoms. The first-order valence-corrected chi connectivity index (χ1v) is 7.96. The van der Waals surface area contributed by atoms with Crippen LogP contribution in [-0.4, -0.2) is 0 Å². The van der Waals surface area contributed by atoms with Gasteiger partial charge in [-0.25, -0.2) is 0 Å². The van der Waals surface area contributed by atoms with E-state index in [0.717, 1.165) is 22.7 Å². The van der Waals surface area contributed by atoms with Gasteiger partial charge in [-0.05, 0) is 53.9 Å². The molecule has 0 bridgehead atoms. The zero-order valence-electron chi connectivity index (χ0n) is 13.6. The molecule has 0 heterocycles. The highest BCUT2D eigenvalue weighted by Crippen LogP contribution is 2.36. The molecule has 0 amide bonds. The minimum absolute atomic E-state index is 0.392. The van der Waals surface area contributed by atoms with Gasteiger partial charge in [0.1, 0.15) is 0 Å². The summed E-state index contributed by atoms with van der Waals surface area (Å²) in [6, 6.07) is 27.1.